The lowest BCUT2D eigenvalue weighted by Gasteiger charge is -2.29. The molecule has 0 aliphatic carbocycles. The van der Waals surface area contributed by atoms with E-state index in [1.54, 1.807) is 35.4 Å². The number of benzene rings is 2. The SMILES string of the molecule is CN(Cc1ccc(C(F)(F)F)c(F)c1)C1CN(C(=O)c2ccnc(N3CCOCC3)c2)C[C@@H]1c1ccc(Cl)c(Cl)c1. The van der Waals surface area contributed by atoms with Gasteiger partial charge in [0.1, 0.15) is 11.6 Å². The lowest BCUT2D eigenvalue weighted by molar-refractivity contribution is -0.140. The Hall–Kier alpha value is -2.92. The van der Waals surface area contributed by atoms with Crippen molar-refractivity contribution >= 4 is 34.9 Å². The van der Waals surface area contributed by atoms with E-state index in [1.807, 2.05) is 18.0 Å². The lowest BCUT2D eigenvalue weighted by atomic mass is 9.93. The number of carbonyl (C=O) groups excluding carboxylic acids is 1. The van der Waals surface area contributed by atoms with Gasteiger partial charge in [0.05, 0.1) is 28.8 Å². The molecule has 2 aliphatic rings. The third-order valence-electron chi connectivity index (χ3n) is 7.61. The van der Waals surface area contributed by atoms with E-state index in [9.17, 15) is 22.4 Å². The number of amides is 1. The lowest BCUT2D eigenvalue weighted by Crippen LogP contribution is -2.38. The number of aromatic nitrogens is 1. The van der Waals surface area contributed by atoms with E-state index >= 15 is 0 Å². The fraction of sp³-hybridized carbons (Fsp3) is 0.379. The number of pyridine rings is 1. The highest BCUT2D eigenvalue weighted by molar-refractivity contribution is 6.42. The average molecular weight is 611 g/mol. The summed E-state index contributed by atoms with van der Waals surface area (Å²) < 4.78 is 58.9. The largest absolute Gasteiger partial charge is 0.419 e. The molecule has 1 amide bonds. The first-order valence-electron chi connectivity index (χ1n) is 13.1. The molecule has 2 aromatic carbocycles. The van der Waals surface area contributed by atoms with Crippen LogP contribution in [-0.2, 0) is 17.5 Å². The zero-order valence-electron chi connectivity index (χ0n) is 22.2. The molecule has 5 rings (SSSR count). The Morgan fingerprint density at radius 3 is 2.49 bits per heavy atom. The summed E-state index contributed by atoms with van der Waals surface area (Å²) >= 11 is 12.5. The fourth-order valence-corrected chi connectivity index (χ4v) is 5.77. The van der Waals surface area contributed by atoms with Gasteiger partial charge in [-0.25, -0.2) is 9.37 Å². The predicted molar refractivity (Wildman–Crippen MR) is 149 cm³/mol. The van der Waals surface area contributed by atoms with Crippen molar-refractivity contribution in [3.63, 3.8) is 0 Å². The van der Waals surface area contributed by atoms with Crippen LogP contribution in [-0.4, -0.2) is 73.2 Å². The van der Waals surface area contributed by atoms with Crippen molar-refractivity contribution in [1.29, 1.82) is 0 Å². The molecule has 3 heterocycles. The minimum Gasteiger partial charge on any atom is -0.378 e. The smallest absolute Gasteiger partial charge is 0.378 e. The number of halogens is 6. The third-order valence-corrected chi connectivity index (χ3v) is 8.35. The van der Waals surface area contributed by atoms with Crippen LogP contribution in [0.1, 0.15) is 33.0 Å². The number of carbonyl (C=O) groups is 1. The molecule has 3 aromatic rings. The van der Waals surface area contributed by atoms with Crippen LogP contribution in [0.25, 0.3) is 0 Å². The van der Waals surface area contributed by atoms with E-state index in [1.165, 1.54) is 6.07 Å². The maximum absolute atomic E-state index is 14.3. The monoisotopic (exact) mass is 610 g/mol. The van der Waals surface area contributed by atoms with Gasteiger partial charge in [-0.1, -0.05) is 35.3 Å². The predicted octanol–water partition coefficient (Wildman–Crippen LogP) is 6.12. The van der Waals surface area contributed by atoms with E-state index in [-0.39, 0.29) is 24.4 Å². The molecule has 1 aromatic heterocycles. The van der Waals surface area contributed by atoms with E-state index in [2.05, 4.69) is 9.88 Å². The Morgan fingerprint density at radius 1 is 1.05 bits per heavy atom. The van der Waals surface area contributed by atoms with E-state index < -0.39 is 17.6 Å². The van der Waals surface area contributed by atoms with Crippen LogP contribution in [0.3, 0.4) is 0 Å². The molecule has 6 nitrogen and oxygen atoms in total. The molecule has 0 radical (unpaired) electrons. The van der Waals surface area contributed by atoms with E-state index in [0.29, 0.717) is 66.4 Å². The second kappa shape index (κ2) is 12.1. The number of ether oxygens (including phenoxy) is 1. The number of morpholine rings is 1. The molecular formula is C29H28Cl2F4N4O2. The fourth-order valence-electron chi connectivity index (χ4n) is 5.46. The number of hydrogen-bond acceptors (Lipinski definition) is 5. The van der Waals surface area contributed by atoms with Crippen LogP contribution in [0.4, 0.5) is 23.4 Å². The van der Waals surface area contributed by atoms with Crippen LogP contribution in [0.2, 0.25) is 10.0 Å². The minimum atomic E-state index is -4.77. The zero-order chi connectivity index (χ0) is 29.3. The van der Waals surface area contributed by atoms with Crippen molar-refractivity contribution in [1.82, 2.24) is 14.8 Å². The highest BCUT2D eigenvalue weighted by Crippen LogP contribution is 2.36. The molecular weight excluding hydrogens is 583 g/mol. The topological polar surface area (TPSA) is 48.9 Å². The molecule has 2 fully saturated rings. The van der Waals surface area contributed by atoms with Gasteiger partial charge in [-0.2, -0.15) is 13.2 Å². The van der Waals surface area contributed by atoms with Gasteiger partial charge in [0.15, 0.2) is 0 Å². The molecule has 0 saturated carbocycles. The summed E-state index contributed by atoms with van der Waals surface area (Å²) in [6.07, 6.45) is -3.15. The number of nitrogens with zero attached hydrogens (tertiary/aromatic N) is 4. The van der Waals surface area contributed by atoms with Crippen molar-refractivity contribution in [3.05, 3.63) is 92.8 Å². The second-order valence-electron chi connectivity index (χ2n) is 10.3. The standard InChI is InChI=1S/C29H28Cl2F4N4O2/c1-37(15-18-2-4-22(25(32)12-18)29(33,34)35)26-17-39(16-21(26)19-3-5-23(30)24(31)13-19)28(40)20-6-7-36-27(14-20)38-8-10-41-11-9-38/h2-7,12-14,21,26H,8-11,15-17H2,1H3/t21-,26?/m1/s1. The van der Waals surface area contributed by atoms with Gasteiger partial charge >= 0.3 is 6.18 Å². The molecule has 41 heavy (non-hydrogen) atoms. The molecule has 12 heteroatoms. The Bertz CT molecular complexity index is 1420. The van der Waals surface area contributed by atoms with Crippen LogP contribution < -0.4 is 4.90 Å². The van der Waals surface area contributed by atoms with Crippen LogP contribution >= 0.6 is 23.2 Å². The third kappa shape index (κ3) is 6.61. The summed E-state index contributed by atoms with van der Waals surface area (Å²) in [5.41, 5.74) is 0.459. The summed E-state index contributed by atoms with van der Waals surface area (Å²) in [7, 11) is 1.81. The van der Waals surface area contributed by atoms with Crippen molar-refractivity contribution in [3.8, 4) is 0 Å². The Labute approximate surface area is 245 Å². The summed E-state index contributed by atoms with van der Waals surface area (Å²) in [6, 6.07) is 11.5. The van der Waals surface area contributed by atoms with Gasteiger partial charge in [0.25, 0.3) is 5.91 Å². The molecule has 2 aliphatic heterocycles. The average Bonchev–Trinajstić information content (AvgIpc) is 3.40. The molecule has 2 saturated heterocycles. The van der Waals surface area contributed by atoms with Crippen LogP contribution in [0.5, 0.6) is 0 Å². The van der Waals surface area contributed by atoms with Crippen molar-refractivity contribution < 1.29 is 27.1 Å². The van der Waals surface area contributed by atoms with Crippen LogP contribution in [0, 0.1) is 5.82 Å². The second-order valence-corrected chi connectivity index (χ2v) is 11.1. The summed E-state index contributed by atoms with van der Waals surface area (Å²) in [6.45, 7) is 3.45. The normalized spacial score (nSPS) is 19.7. The maximum atomic E-state index is 14.3. The maximum Gasteiger partial charge on any atom is 0.419 e. The molecule has 0 spiro atoms. The van der Waals surface area contributed by atoms with Crippen molar-refractivity contribution in [2.45, 2.75) is 24.7 Å². The first kappa shape index (κ1) is 29.6. The quantitative estimate of drug-likeness (QED) is 0.315. The first-order chi connectivity index (χ1) is 19.5. The van der Waals surface area contributed by atoms with Crippen LogP contribution in [0.15, 0.2) is 54.7 Å². The van der Waals surface area contributed by atoms with Gasteiger partial charge in [0.2, 0.25) is 0 Å². The molecule has 1 unspecified atom stereocenters. The summed E-state index contributed by atoms with van der Waals surface area (Å²) in [5, 5.41) is 0.781. The Kier molecular flexibility index (Phi) is 8.75. The molecule has 2 atom stereocenters. The Balaban J connectivity index is 1.39. The highest BCUT2D eigenvalue weighted by atomic mass is 35.5. The van der Waals surface area contributed by atoms with Gasteiger partial charge in [-0.15, -0.1) is 0 Å². The molecule has 0 bridgehead atoms. The number of rotatable bonds is 6. The van der Waals surface area contributed by atoms with Gasteiger partial charge in [-0.3, -0.25) is 9.69 Å². The van der Waals surface area contributed by atoms with Gasteiger partial charge in [0, 0.05) is 56.4 Å². The van der Waals surface area contributed by atoms with Crippen molar-refractivity contribution in [2.75, 3.05) is 51.3 Å². The summed E-state index contributed by atoms with van der Waals surface area (Å²) in [5.74, 6) is -0.958. The number of alkyl halides is 3. The summed E-state index contributed by atoms with van der Waals surface area (Å²) in [4.78, 5) is 23.9. The number of likely N-dealkylation sites (N-methyl/N-ethyl adjacent to an activating group) is 1. The van der Waals surface area contributed by atoms with Crippen molar-refractivity contribution in [2.24, 2.45) is 0 Å². The van der Waals surface area contributed by atoms with E-state index in [0.717, 1.165) is 17.7 Å². The van der Waals surface area contributed by atoms with Gasteiger partial charge in [-0.05, 0) is 54.6 Å². The minimum absolute atomic E-state index is 0.163. The number of likely N-dealkylation sites (tertiary alicyclic amines) is 1. The zero-order valence-corrected chi connectivity index (χ0v) is 23.7. The van der Waals surface area contributed by atoms with Gasteiger partial charge < -0.3 is 14.5 Å². The van der Waals surface area contributed by atoms with E-state index in [4.69, 9.17) is 27.9 Å². The molecule has 218 valence electrons. The number of hydrogen-bond donors (Lipinski definition) is 0. The Morgan fingerprint density at radius 2 is 1.80 bits per heavy atom. The first-order valence-corrected chi connectivity index (χ1v) is 13.9. The number of anilines is 1. The highest BCUT2D eigenvalue weighted by Gasteiger charge is 2.39. The molecule has 0 N–H and O–H groups in total.